The van der Waals surface area contributed by atoms with Gasteiger partial charge in [0.1, 0.15) is 91.6 Å². The van der Waals surface area contributed by atoms with Crippen LogP contribution in [0, 0.1) is 0 Å². The maximum atomic E-state index is 11.6. The minimum absolute atomic E-state index is 0.0952. The van der Waals surface area contributed by atoms with Crippen molar-refractivity contribution >= 4 is 5.97 Å². The second-order valence-electron chi connectivity index (χ2n) is 16.1. The molecule has 0 radical (unpaired) electrons. The summed E-state index contributed by atoms with van der Waals surface area (Å²) in [5, 5.41) is 120. The molecule has 5 saturated heterocycles. The van der Waals surface area contributed by atoms with E-state index in [2.05, 4.69) is 4.74 Å². The van der Waals surface area contributed by atoms with Crippen LogP contribution in [0.25, 0.3) is 0 Å². The van der Waals surface area contributed by atoms with Gasteiger partial charge < -0.3 is 108 Å². The number of rotatable bonds is 15. The molecule has 0 aromatic heterocycles. The van der Waals surface area contributed by atoms with Crippen LogP contribution in [0.15, 0.2) is 0 Å². The van der Waals surface area contributed by atoms with Crippen LogP contribution < -0.4 is 0 Å². The summed E-state index contributed by atoms with van der Waals surface area (Å²) in [6.45, 7) is 7.23. The Morgan fingerprint density at radius 3 is 1.25 bits per heavy atom. The molecule has 5 aliphatic rings. The van der Waals surface area contributed by atoms with Gasteiger partial charge in [-0.2, -0.15) is 0 Å². The van der Waals surface area contributed by atoms with Gasteiger partial charge in [-0.25, -0.2) is 0 Å². The van der Waals surface area contributed by atoms with Gasteiger partial charge in [0.15, 0.2) is 31.5 Å². The first-order valence-corrected chi connectivity index (χ1v) is 20.3. The Morgan fingerprint density at radius 2 is 0.767 bits per heavy atom. The average molecular weight is 877 g/mol. The monoisotopic (exact) mass is 876 g/mol. The van der Waals surface area contributed by atoms with Crippen LogP contribution in [-0.4, -0.2) is 229 Å². The van der Waals surface area contributed by atoms with Gasteiger partial charge in [0.25, 0.3) is 0 Å². The number of unbranched alkanes of at least 4 members (excludes halogenated alkanes) is 2. The predicted octanol–water partition coefficient (Wildman–Crippen LogP) is -5.03. The van der Waals surface area contributed by atoms with Gasteiger partial charge in [0.2, 0.25) is 0 Å². The maximum absolute atomic E-state index is 11.6. The summed E-state index contributed by atoms with van der Waals surface area (Å²) in [7, 11) is 1.30. The van der Waals surface area contributed by atoms with Crippen LogP contribution in [0.3, 0.4) is 0 Å². The topological polar surface area (TPSA) is 341 Å². The zero-order valence-corrected chi connectivity index (χ0v) is 34.3. The highest BCUT2D eigenvalue weighted by Crippen LogP contribution is 2.36. The third-order valence-corrected chi connectivity index (χ3v) is 11.6. The smallest absolute Gasteiger partial charge is 0.305 e. The summed E-state index contributed by atoms with van der Waals surface area (Å²) >= 11 is 0. The Kier molecular flexibility index (Phi) is 17.8. The summed E-state index contributed by atoms with van der Waals surface area (Å²) < 4.78 is 63.3. The van der Waals surface area contributed by atoms with Crippen LogP contribution in [0.4, 0.5) is 0 Å². The SMILES string of the molecule is COC(=O)CCCCCO[C@H]1OC(C)[C@@H](O)[C@H](O)C1O[C@H]1OC(C)[C@@H](O)[C@H](O)C1O[C@H]1OC(C)[C@@H](O)[C@H](O[C@H]2OC(C)[C@@H](O)[C@H](O)C2O[C@H]2OC(C)[C@@H](O)[C@H](O)C2O)C1O. The third kappa shape index (κ3) is 11.1. The lowest BCUT2D eigenvalue weighted by atomic mass is 9.96. The predicted molar refractivity (Wildman–Crippen MR) is 194 cm³/mol. The number of hydrogen-bond donors (Lipinski definition) is 11. The molecule has 0 spiro atoms. The number of methoxy groups -OCH3 is 1. The summed E-state index contributed by atoms with van der Waals surface area (Å²) in [5.41, 5.74) is 0. The number of hydrogen-bond acceptors (Lipinski definition) is 23. The fraction of sp³-hybridized carbons (Fsp3) is 0.973. The molecule has 0 aliphatic carbocycles. The lowest BCUT2D eigenvalue weighted by Crippen LogP contribution is -2.67. The molecule has 0 saturated carbocycles. The standard InChI is InChI=1S/C37H64O23/c1-12-18(39)23(44)27(48)33(52-12)58-31-25(46)20(41)14(3)55-36(31)57-29-22(43)16(5)53-34(28(29)49)59-32-26(47)21(42)15(4)56-37(32)60-30-24(45)19(40)13(2)54-35(30)51-11-9-7-8-10-17(38)50-6/h12-16,18-37,39-49H,7-11H2,1-6H3/t12?,13?,14?,15?,16?,18-,19-,20-,21-,22-,23+,24+,25+,26+,27?,28?,29+,30?,31?,32?,33-,34-,35+,36-,37-/m1/s1. The van der Waals surface area contributed by atoms with Crippen LogP contribution in [-0.2, 0) is 56.9 Å². The molecule has 23 heteroatoms. The lowest BCUT2D eigenvalue weighted by Gasteiger charge is -2.49. The first-order valence-electron chi connectivity index (χ1n) is 20.3. The highest BCUT2D eigenvalue weighted by atomic mass is 16.8. The maximum Gasteiger partial charge on any atom is 0.305 e. The van der Waals surface area contributed by atoms with Crippen molar-refractivity contribution in [1.82, 2.24) is 0 Å². The summed E-state index contributed by atoms with van der Waals surface area (Å²) in [6.07, 6.45) is -36.5. The van der Waals surface area contributed by atoms with Crippen molar-refractivity contribution in [3.05, 3.63) is 0 Å². The molecule has 25 atom stereocenters. The Hall–Kier alpha value is -1.37. The molecular weight excluding hydrogens is 812 g/mol. The van der Waals surface area contributed by atoms with E-state index in [-0.39, 0.29) is 19.0 Å². The number of aliphatic hydroxyl groups is 11. The van der Waals surface area contributed by atoms with E-state index in [1.807, 2.05) is 0 Å². The normalized spacial score (nSPS) is 50.3. The summed E-state index contributed by atoms with van der Waals surface area (Å²) in [6, 6.07) is 0. The van der Waals surface area contributed by atoms with Gasteiger partial charge >= 0.3 is 5.97 Å². The molecule has 10 unspecified atom stereocenters. The van der Waals surface area contributed by atoms with E-state index in [0.717, 1.165) is 0 Å². The van der Waals surface area contributed by atoms with Crippen LogP contribution in [0.2, 0.25) is 0 Å². The molecule has 60 heavy (non-hydrogen) atoms. The molecule has 5 rings (SSSR count). The van der Waals surface area contributed by atoms with E-state index >= 15 is 0 Å². The number of carbonyl (C=O) groups is 1. The highest BCUT2D eigenvalue weighted by molar-refractivity contribution is 5.68. The second kappa shape index (κ2) is 21.5. The van der Waals surface area contributed by atoms with Crippen LogP contribution >= 0.6 is 0 Å². The van der Waals surface area contributed by atoms with Crippen molar-refractivity contribution in [3.8, 4) is 0 Å². The lowest BCUT2D eigenvalue weighted by molar-refractivity contribution is -0.402. The van der Waals surface area contributed by atoms with Gasteiger partial charge in [-0.1, -0.05) is 6.42 Å². The molecule has 350 valence electrons. The number of ether oxygens (including phenoxy) is 11. The quantitative estimate of drug-likeness (QED) is 0.0542. The Morgan fingerprint density at radius 1 is 0.400 bits per heavy atom. The molecule has 5 aliphatic heterocycles. The van der Waals surface area contributed by atoms with E-state index in [1.54, 1.807) is 0 Å². The number of carbonyl (C=O) groups excluding carboxylic acids is 1. The molecule has 0 bridgehead atoms. The van der Waals surface area contributed by atoms with Crippen molar-refractivity contribution in [1.29, 1.82) is 0 Å². The zero-order chi connectivity index (χ0) is 44.3. The fourth-order valence-electron chi connectivity index (χ4n) is 7.66. The van der Waals surface area contributed by atoms with Crippen molar-refractivity contribution in [2.75, 3.05) is 13.7 Å². The van der Waals surface area contributed by atoms with E-state index < -0.39 is 154 Å². The van der Waals surface area contributed by atoms with Gasteiger partial charge in [-0.3, -0.25) is 4.79 Å². The zero-order valence-electron chi connectivity index (χ0n) is 34.3. The molecular formula is C37H64O23. The molecule has 0 aromatic carbocycles. The van der Waals surface area contributed by atoms with E-state index in [9.17, 15) is 61.0 Å². The van der Waals surface area contributed by atoms with Crippen molar-refractivity contribution < 1.29 is 113 Å². The minimum atomic E-state index is -1.95. The van der Waals surface area contributed by atoms with E-state index in [4.69, 9.17) is 47.4 Å². The van der Waals surface area contributed by atoms with E-state index in [1.165, 1.54) is 41.7 Å². The molecule has 5 heterocycles. The van der Waals surface area contributed by atoms with Crippen LogP contribution in [0.1, 0.15) is 60.3 Å². The molecule has 0 amide bonds. The van der Waals surface area contributed by atoms with E-state index in [0.29, 0.717) is 19.3 Å². The summed E-state index contributed by atoms with van der Waals surface area (Å²) in [4.78, 5) is 11.4. The van der Waals surface area contributed by atoms with Gasteiger partial charge in [-0.15, -0.1) is 0 Å². The fourth-order valence-corrected chi connectivity index (χ4v) is 7.66. The Bertz CT molecular complexity index is 1330. The highest BCUT2D eigenvalue weighted by Gasteiger charge is 2.56. The van der Waals surface area contributed by atoms with Crippen LogP contribution in [0.5, 0.6) is 0 Å². The van der Waals surface area contributed by atoms with Gasteiger partial charge in [0, 0.05) is 13.0 Å². The average Bonchev–Trinajstić information content (AvgIpc) is 3.21. The number of esters is 1. The minimum Gasteiger partial charge on any atom is -0.469 e. The first-order chi connectivity index (χ1) is 28.3. The molecule has 23 nitrogen and oxygen atoms in total. The van der Waals surface area contributed by atoms with Crippen molar-refractivity contribution in [3.63, 3.8) is 0 Å². The summed E-state index contributed by atoms with van der Waals surface area (Å²) in [5.74, 6) is -0.352. The first kappa shape index (κ1) is 49.6. The molecule has 11 N–H and O–H groups in total. The van der Waals surface area contributed by atoms with Crippen molar-refractivity contribution in [2.24, 2.45) is 0 Å². The Balaban J connectivity index is 1.32. The third-order valence-electron chi connectivity index (χ3n) is 11.6. The Labute approximate surface area is 346 Å². The number of aliphatic hydroxyl groups excluding tert-OH is 11. The van der Waals surface area contributed by atoms with Crippen molar-refractivity contribution in [2.45, 2.75) is 214 Å². The largest absolute Gasteiger partial charge is 0.469 e. The molecule has 0 aromatic rings. The molecule has 5 fully saturated rings. The van der Waals surface area contributed by atoms with Gasteiger partial charge in [0.05, 0.1) is 37.6 Å². The second-order valence-corrected chi connectivity index (χ2v) is 16.1. The van der Waals surface area contributed by atoms with Gasteiger partial charge in [-0.05, 0) is 47.5 Å².